The Morgan fingerprint density at radius 2 is 2.06 bits per heavy atom. The van der Waals surface area contributed by atoms with Crippen molar-refractivity contribution in [1.82, 2.24) is 0 Å². The van der Waals surface area contributed by atoms with Crippen LogP contribution in [0.2, 0.25) is 0 Å². The van der Waals surface area contributed by atoms with E-state index in [2.05, 4.69) is 7.05 Å². The number of nitrogens with one attached hydrogen (secondary N) is 1. The fourth-order valence-corrected chi connectivity index (χ4v) is 2.10. The molecule has 1 aliphatic heterocycles. The monoisotopic (exact) mass is 255 g/mol. The van der Waals surface area contributed by atoms with Gasteiger partial charge in [-0.25, -0.2) is 4.39 Å². The maximum atomic E-state index is 13.9. The van der Waals surface area contributed by atoms with Gasteiger partial charge in [-0.3, -0.25) is 10.1 Å². The lowest BCUT2D eigenvalue weighted by atomic mass is 10.2. The zero-order valence-corrected chi connectivity index (χ0v) is 10.1. The van der Waals surface area contributed by atoms with Gasteiger partial charge in [0.25, 0.3) is 5.69 Å². The van der Waals surface area contributed by atoms with E-state index in [1.807, 2.05) is 4.90 Å². The average molecular weight is 255 g/mol. The van der Waals surface area contributed by atoms with Crippen LogP contribution in [0.15, 0.2) is 12.1 Å². The molecule has 0 saturated carbocycles. The highest BCUT2D eigenvalue weighted by Gasteiger charge is 2.23. The van der Waals surface area contributed by atoms with E-state index in [0.29, 0.717) is 5.69 Å². The maximum Gasteiger partial charge on any atom is 0.295 e. The number of nitrogens with two attached hydrogens (primary N) is 1. The summed E-state index contributed by atoms with van der Waals surface area (Å²) < 4.78 is 13.9. The van der Waals surface area contributed by atoms with Gasteiger partial charge < -0.3 is 15.5 Å². The van der Waals surface area contributed by atoms with Gasteiger partial charge in [-0.05, 0) is 6.07 Å². The molecule has 1 aromatic rings. The zero-order valence-electron chi connectivity index (χ0n) is 10.1. The molecule has 1 fully saturated rings. The molecule has 2 rings (SSSR count). The molecule has 0 unspecified atom stereocenters. The average Bonchev–Trinajstić information content (AvgIpc) is 2.32. The van der Waals surface area contributed by atoms with Crippen molar-refractivity contribution in [3.63, 3.8) is 0 Å². The van der Waals surface area contributed by atoms with Gasteiger partial charge in [0.2, 0.25) is 0 Å². The first kappa shape index (κ1) is 12.6. The quantitative estimate of drug-likeness (QED) is 0.430. The number of likely N-dealkylation sites (N-methyl/N-ethyl adjacent to an activating group) is 1. The number of anilines is 2. The fraction of sp³-hybridized carbons (Fsp3) is 0.455. The Kier molecular flexibility index (Phi) is 3.33. The number of nitrogens with zero attached hydrogens (tertiary/aromatic N) is 2. The second-order valence-corrected chi connectivity index (χ2v) is 4.56. The highest BCUT2D eigenvalue weighted by molar-refractivity contribution is 5.67. The van der Waals surface area contributed by atoms with Gasteiger partial charge >= 0.3 is 0 Å². The topological polar surface area (TPSA) is 76.8 Å². The Morgan fingerprint density at radius 1 is 1.44 bits per heavy atom. The molecule has 1 heterocycles. The Hall–Kier alpha value is -1.89. The van der Waals surface area contributed by atoms with Crippen LogP contribution in [0.25, 0.3) is 0 Å². The Labute approximate surface area is 104 Å². The summed E-state index contributed by atoms with van der Waals surface area (Å²) in [6.07, 6.45) is 0. The molecule has 1 saturated heterocycles. The number of nitrogen functional groups attached to an aromatic ring is 1. The summed E-state index contributed by atoms with van der Waals surface area (Å²) in [7, 11) is 2.08. The minimum atomic E-state index is -0.670. The molecule has 3 N–H and O–H groups in total. The number of halogens is 1. The third-order valence-corrected chi connectivity index (χ3v) is 3.25. The Morgan fingerprint density at radius 3 is 2.61 bits per heavy atom. The van der Waals surface area contributed by atoms with Crippen LogP contribution >= 0.6 is 0 Å². The summed E-state index contributed by atoms with van der Waals surface area (Å²) in [5.41, 5.74) is 5.56. The number of benzene rings is 1. The molecule has 0 aromatic heterocycles. The number of rotatable bonds is 2. The van der Waals surface area contributed by atoms with Crippen molar-refractivity contribution in [2.24, 2.45) is 0 Å². The summed E-state index contributed by atoms with van der Waals surface area (Å²) in [6.45, 7) is 3.27. The summed E-state index contributed by atoms with van der Waals surface area (Å²) in [5.74, 6) is -0.588. The van der Waals surface area contributed by atoms with Crippen LogP contribution in [0.1, 0.15) is 0 Å². The van der Waals surface area contributed by atoms with Gasteiger partial charge in [0.15, 0.2) is 5.82 Å². The van der Waals surface area contributed by atoms with Crippen LogP contribution in [-0.4, -0.2) is 38.2 Å². The van der Waals surface area contributed by atoms with Crippen LogP contribution in [-0.2, 0) is 0 Å². The summed E-state index contributed by atoms with van der Waals surface area (Å²) in [6, 6.07) is 2.25. The van der Waals surface area contributed by atoms with E-state index in [4.69, 9.17) is 5.73 Å². The van der Waals surface area contributed by atoms with Crippen molar-refractivity contribution in [2.75, 3.05) is 43.9 Å². The predicted octanol–water partition coefficient (Wildman–Crippen LogP) is -0.349. The molecule has 1 aromatic carbocycles. The smallest absolute Gasteiger partial charge is 0.295 e. The van der Waals surface area contributed by atoms with Gasteiger partial charge in [-0.15, -0.1) is 0 Å². The van der Waals surface area contributed by atoms with Crippen LogP contribution in [0, 0.1) is 15.9 Å². The summed E-state index contributed by atoms with van der Waals surface area (Å²) in [5, 5.41) is 10.6. The molecule has 0 radical (unpaired) electrons. The number of piperazine rings is 1. The van der Waals surface area contributed by atoms with E-state index in [1.165, 1.54) is 11.0 Å². The SMILES string of the molecule is C[NH+]1CCN(c2cc(N)c([N+](=O)[O-])cc2F)CC1. The minimum Gasteiger partial charge on any atom is -0.393 e. The lowest BCUT2D eigenvalue weighted by Gasteiger charge is -2.31. The molecule has 0 bridgehead atoms. The van der Waals surface area contributed by atoms with Crippen molar-refractivity contribution < 1.29 is 14.2 Å². The first-order valence-corrected chi connectivity index (χ1v) is 5.78. The van der Waals surface area contributed by atoms with Crippen molar-refractivity contribution in [1.29, 1.82) is 0 Å². The Balaban J connectivity index is 2.29. The fourth-order valence-electron chi connectivity index (χ4n) is 2.10. The van der Waals surface area contributed by atoms with Gasteiger partial charge in [-0.2, -0.15) is 0 Å². The van der Waals surface area contributed by atoms with Crippen molar-refractivity contribution in [3.05, 3.63) is 28.1 Å². The van der Waals surface area contributed by atoms with Crippen molar-refractivity contribution >= 4 is 17.1 Å². The molecule has 18 heavy (non-hydrogen) atoms. The molecule has 0 atom stereocenters. The number of hydrogen-bond donors (Lipinski definition) is 2. The molecular formula is C11H16FN4O2+. The first-order chi connectivity index (χ1) is 8.49. The third-order valence-electron chi connectivity index (χ3n) is 3.25. The van der Waals surface area contributed by atoms with E-state index in [9.17, 15) is 14.5 Å². The number of nitro benzene ring substituents is 1. The second kappa shape index (κ2) is 4.77. The predicted molar refractivity (Wildman–Crippen MR) is 66.3 cm³/mol. The third kappa shape index (κ3) is 2.35. The van der Waals surface area contributed by atoms with Gasteiger partial charge in [0.05, 0.1) is 49.9 Å². The highest BCUT2D eigenvalue weighted by atomic mass is 19.1. The van der Waals surface area contributed by atoms with Crippen LogP contribution in [0.3, 0.4) is 0 Å². The molecule has 98 valence electrons. The van der Waals surface area contributed by atoms with Crippen LogP contribution in [0.5, 0.6) is 0 Å². The number of nitro groups is 1. The van der Waals surface area contributed by atoms with E-state index in [0.717, 1.165) is 32.2 Å². The lowest BCUT2D eigenvalue weighted by Crippen LogP contribution is -3.12. The van der Waals surface area contributed by atoms with Crippen molar-refractivity contribution in [2.45, 2.75) is 0 Å². The summed E-state index contributed by atoms with van der Waals surface area (Å²) in [4.78, 5) is 13.2. The standard InChI is InChI=1S/C11H15FN4O2/c1-14-2-4-15(5-3-14)10-7-9(13)11(16(17)18)6-8(10)12/h6-7H,2-5,13H2,1H3/p+1. The first-order valence-electron chi connectivity index (χ1n) is 5.78. The second-order valence-electron chi connectivity index (χ2n) is 4.56. The number of hydrogen-bond acceptors (Lipinski definition) is 4. The molecule has 0 spiro atoms. The minimum absolute atomic E-state index is 0.00248. The molecule has 1 aliphatic rings. The van der Waals surface area contributed by atoms with Crippen LogP contribution in [0.4, 0.5) is 21.5 Å². The van der Waals surface area contributed by atoms with E-state index in [-0.39, 0.29) is 11.4 Å². The molecule has 6 nitrogen and oxygen atoms in total. The van der Waals surface area contributed by atoms with Gasteiger partial charge in [0.1, 0.15) is 5.69 Å². The lowest BCUT2D eigenvalue weighted by molar-refractivity contribution is -0.880. The molecule has 0 amide bonds. The van der Waals surface area contributed by atoms with Gasteiger partial charge in [-0.1, -0.05) is 0 Å². The van der Waals surface area contributed by atoms with Crippen LogP contribution < -0.4 is 15.5 Å². The molecule has 0 aliphatic carbocycles. The normalized spacial score (nSPS) is 16.9. The van der Waals surface area contributed by atoms with E-state index >= 15 is 0 Å². The van der Waals surface area contributed by atoms with Crippen molar-refractivity contribution in [3.8, 4) is 0 Å². The van der Waals surface area contributed by atoms with E-state index in [1.54, 1.807) is 0 Å². The highest BCUT2D eigenvalue weighted by Crippen LogP contribution is 2.30. The molecular weight excluding hydrogens is 239 g/mol. The maximum absolute atomic E-state index is 13.9. The zero-order chi connectivity index (χ0) is 13.3. The van der Waals surface area contributed by atoms with E-state index < -0.39 is 10.7 Å². The van der Waals surface area contributed by atoms with Gasteiger partial charge in [0, 0.05) is 0 Å². The summed E-state index contributed by atoms with van der Waals surface area (Å²) >= 11 is 0. The largest absolute Gasteiger partial charge is 0.393 e. The molecule has 7 heteroatoms. The Bertz CT molecular complexity index is 472. The number of quaternary nitrogens is 1.